The number of fused-ring (bicyclic) bond motifs is 1. The molecule has 8 N–H and O–H groups in total. The van der Waals surface area contributed by atoms with Crippen LogP contribution in [0.2, 0.25) is 0 Å². The van der Waals surface area contributed by atoms with Gasteiger partial charge >= 0.3 is 5.97 Å². The summed E-state index contributed by atoms with van der Waals surface area (Å²) in [4.78, 5) is 66.7. The van der Waals surface area contributed by atoms with E-state index in [1.807, 2.05) is 60.7 Å². The van der Waals surface area contributed by atoms with Crippen LogP contribution in [0.15, 0.2) is 60.7 Å². The minimum absolute atomic E-state index is 0.136. The molecule has 2 fully saturated rings. The van der Waals surface area contributed by atoms with Gasteiger partial charge in [-0.1, -0.05) is 60.7 Å². The smallest absolute Gasteiger partial charge is 0.305 e. The summed E-state index contributed by atoms with van der Waals surface area (Å²) in [5.74, 6) is -2.90. The second-order valence-corrected chi connectivity index (χ2v) is 11.9. The quantitative estimate of drug-likeness (QED) is 0.0847. The third-order valence-electron chi connectivity index (χ3n) is 8.40. The molecule has 13 nitrogen and oxygen atoms in total. The van der Waals surface area contributed by atoms with Crippen molar-refractivity contribution in [2.45, 2.75) is 88.0 Å². The van der Waals surface area contributed by atoms with Crippen molar-refractivity contribution in [1.29, 1.82) is 5.41 Å². The van der Waals surface area contributed by atoms with Crippen molar-refractivity contribution < 1.29 is 29.1 Å². The van der Waals surface area contributed by atoms with Gasteiger partial charge in [0.2, 0.25) is 23.6 Å². The molecular formula is C33H43N7O6. The number of hydrogen-bond acceptors (Lipinski definition) is 6. The van der Waals surface area contributed by atoms with Crippen LogP contribution in [0.5, 0.6) is 0 Å². The zero-order valence-electron chi connectivity index (χ0n) is 25.7. The Balaban J connectivity index is 1.42. The van der Waals surface area contributed by atoms with Gasteiger partial charge in [-0.15, -0.1) is 0 Å². The molecule has 2 aromatic rings. The van der Waals surface area contributed by atoms with E-state index in [1.165, 1.54) is 0 Å². The van der Waals surface area contributed by atoms with Gasteiger partial charge in [0.25, 0.3) is 0 Å². The summed E-state index contributed by atoms with van der Waals surface area (Å²) in [6.45, 7) is 0.290. The molecule has 2 saturated heterocycles. The van der Waals surface area contributed by atoms with Gasteiger partial charge in [0.15, 0.2) is 5.96 Å². The van der Waals surface area contributed by atoms with Gasteiger partial charge < -0.3 is 37.0 Å². The van der Waals surface area contributed by atoms with E-state index in [-0.39, 0.29) is 56.0 Å². The van der Waals surface area contributed by atoms with Gasteiger partial charge in [-0.25, -0.2) is 0 Å². The van der Waals surface area contributed by atoms with Crippen LogP contribution in [-0.4, -0.2) is 82.3 Å². The summed E-state index contributed by atoms with van der Waals surface area (Å²) in [6.07, 6.45) is 2.86. The van der Waals surface area contributed by atoms with Crippen LogP contribution in [0.3, 0.4) is 0 Å². The lowest BCUT2D eigenvalue weighted by atomic mass is 9.97. The Morgan fingerprint density at radius 3 is 2.24 bits per heavy atom. The zero-order chi connectivity index (χ0) is 33.1. The molecule has 0 radical (unpaired) electrons. The SMILES string of the molecule is N=C(N)NCCC[C@H](NC(=O)[C@@H]1CC[C@@H]2CCC(NC(=O)Cc3ccccc3)C(=O)N21)C(=O)N[C@H](CC(=O)O)Cc1ccccc1. The lowest BCUT2D eigenvalue weighted by molar-refractivity contribution is -0.146. The first-order valence-electron chi connectivity index (χ1n) is 15.7. The number of nitrogens with one attached hydrogen (secondary N) is 5. The third-order valence-corrected chi connectivity index (χ3v) is 8.40. The largest absolute Gasteiger partial charge is 0.481 e. The van der Waals surface area contributed by atoms with E-state index < -0.39 is 42.0 Å². The first-order chi connectivity index (χ1) is 22.1. The standard InChI is InChI=1S/C33H43N7O6/c34-33(35)36-17-7-12-25(30(44)37-23(20-29(42)43)18-21-8-3-1-4-9-21)39-31(45)27-16-14-24-13-15-26(32(46)40(24)27)38-28(41)19-22-10-5-2-6-11-22/h1-6,8-11,23-27H,7,12-20H2,(H,37,44)(H,38,41)(H,39,45)(H,42,43)(H4,34,35,36)/t23-,24-,25-,26?,27-/m0/s1. The number of rotatable bonds is 15. The number of carbonyl (C=O) groups is 5. The Morgan fingerprint density at radius 1 is 0.935 bits per heavy atom. The third kappa shape index (κ3) is 9.78. The van der Waals surface area contributed by atoms with Crippen LogP contribution in [0.25, 0.3) is 0 Å². The molecule has 2 heterocycles. The lowest BCUT2D eigenvalue weighted by Crippen LogP contribution is -2.60. The molecule has 5 atom stereocenters. The number of benzene rings is 2. The first kappa shape index (κ1) is 33.9. The number of carboxylic acids is 1. The molecule has 2 aromatic carbocycles. The van der Waals surface area contributed by atoms with E-state index in [9.17, 15) is 29.1 Å². The van der Waals surface area contributed by atoms with Gasteiger partial charge in [-0.3, -0.25) is 29.4 Å². The number of hydrogen-bond donors (Lipinski definition) is 7. The molecule has 246 valence electrons. The molecule has 0 bridgehead atoms. The molecule has 0 aromatic heterocycles. The first-order valence-corrected chi connectivity index (χ1v) is 15.7. The Bertz CT molecular complexity index is 1390. The number of nitrogens with two attached hydrogens (primary N) is 1. The van der Waals surface area contributed by atoms with E-state index >= 15 is 0 Å². The highest BCUT2D eigenvalue weighted by molar-refractivity contribution is 5.95. The Labute approximate surface area is 268 Å². The number of amides is 4. The van der Waals surface area contributed by atoms with Gasteiger partial charge in [0.05, 0.1) is 12.8 Å². The summed E-state index contributed by atoms with van der Waals surface area (Å²) < 4.78 is 0. The van der Waals surface area contributed by atoms with Crippen molar-refractivity contribution in [2.75, 3.05) is 6.54 Å². The average Bonchev–Trinajstić information content (AvgIpc) is 3.46. The molecule has 0 saturated carbocycles. The van der Waals surface area contributed by atoms with Gasteiger partial charge in [0.1, 0.15) is 18.1 Å². The predicted octanol–water partition coefficient (Wildman–Crippen LogP) is 0.818. The van der Waals surface area contributed by atoms with Crippen molar-refractivity contribution in [3.63, 3.8) is 0 Å². The van der Waals surface area contributed by atoms with Gasteiger partial charge in [-0.2, -0.15) is 0 Å². The average molecular weight is 634 g/mol. The second kappa shape index (κ2) is 16.4. The van der Waals surface area contributed by atoms with E-state index in [4.69, 9.17) is 11.1 Å². The van der Waals surface area contributed by atoms with E-state index in [0.29, 0.717) is 32.1 Å². The molecule has 2 aliphatic rings. The van der Waals surface area contributed by atoms with Crippen molar-refractivity contribution in [1.82, 2.24) is 26.2 Å². The molecule has 1 unspecified atom stereocenters. The van der Waals surface area contributed by atoms with Crippen molar-refractivity contribution in [3.05, 3.63) is 71.8 Å². The highest BCUT2D eigenvalue weighted by Gasteiger charge is 2.46. The van der Waals surface area contributed by atoms with E-state index in [2.05, 4.69) is 21.3 Å². The van der Waals surface area contributed by atoms with Crippen molar-refractivity contribution in [3.8, 4) is 0 Å². The molecule has 0 aliphatic carbocycles. The summed E-state index contributed by atoms with van der Waals surface area (Å²) in [5, 5.41) is 28.0. The summed E-state index contributed by atoms with van der Waals surface area (Å²) in [6, 6.07) is 15.0. The summed E-state index contributed by atoms with van der Waals surface area (Å²) in [7, 11) is 0. The second-order valence-electron chi connectivity index (χ2n) is 11.9. The monoisotopic (exact) mass is 633 g/mol. The Hall–Kier alpha value is -4.94. The van der Waals surface area contributed by atoms with Crippen LogP contribution in [-0.2, 0) is 36.8 Å². The maximum Gasteiger partial charge on any atom is 0.305 e. The molecule has 4 amide bonds. The van der Waals surface area contributed by atoms with Crippen LogP contribution >= 0.6 is 0 Å². The maximum absolute atomic E-state index is 13.7. The number of aliphatic carboxylic acids is 1. The van der Waals surface area contributed by atoms with Crippen LogP contribution < -0.4 is 27.0 Å². The maximum atomic E-state index is 13.7. The number of carboxylic acid groups (broad SMARTS) is 1. The molecule has 0 spiro atoms. The lowest BCUT2D eigenvalue weighted by Gasteiger charge is -2.38. The molecule has 4 rings (SSSR count). The summed E-state index contributed by atoms with van der Waals surface area (Å²) in [5.41, 5.74) is 7.06. The number of piperidine rings is 1. The van der Waals surface area contributed by atoms with E-state index in [1.54, 1.807) is 4.90 Å². The fourth-order valence-corrected chi connectivity index (χ4v) is 6.23. The molecule has 46 heavy (non-hydrogen) atoms. The minimum Gasteiger partial charge on any atom is -0.481 e. The highest BCUT2D eigenvalue weighted by Crippen LogP contribution is 2.33. The Kier molecular flexibility index (Phi) is 12.1. The topological polar surface area (TPSA) is 207 Å². The number of carbonyl (C=O) groups excluding carboxylic acids is 4. The van der Waals surface area contributed by atoms with E-state index in [0.717, 1.165) is 11.1 Å². The number of nitrogens with zero attached hydrogens (tertiary/aromatic N) is 1. The van der Waals surface area contributed by atoms with Crippen LogP contribution in [0, 0.1) is 5.41 Å². The highest BCUT2D eigenvalue weighted by atomic mass is 16.4. The van der Waals surface area contributed by atoms with Crippen LogP contribution in [0.1, 0.15) is 56.1 Å². The zero-order valence-corrected chi connectivity index (χ0v) is 25.7. The molecular weight excluding hydrogens is 590 g/mol. The summed E-state index contributed by atoms with van der Waals surface area (Å²) >= 11 is 0. The Morgan fingerprint density at radius 2 is 1.59 bits per heavy atom. The minimum atomic E-state index is -1.07. The fourth-order valence-electron chi connectivity index (χ4n) is 6.23. The van der Waals surface area contributed by atoms with Gasteiger partial charge in [-0.05, 0) is 56.1 Å². The normalized spacial score (nSPS) is 20.1. The predicted molar refractivity (Wildman–Crippen MR) is 170 cm³/mol. The van der Waals surface area contributed by atoms with Gasteiger partial charge in [0, 0.05) is 18.6 Å². The van der Waals surface area contributed by atoms with Crippen molar-refractivity contribution >= 4 is 35.6 Å². The molecule has 13 heteroatoms. The number of guanidine groups is 1. The molecule has 2 aliphatic heterocycles. The fraction of sp³-hybridized carbons (Fsp3) is 0.455. The van der Waals surface area contributed by atoms with Crippen molar-refractivity contribution in [2.24, 2.45) is 5.73 Å². The van der Waals surface area contributed by atoms with Crippen LogP contribution in [0.4, 0.5) is 0 Å².